The highest BCUT2D eigenvalue weighted by Crippen LogP contribution is 2.17. The number of carbonyl (C=O) groups excluding carboxylic acids is 2. The molecule has 1 aliphatic heterocycles. The Bertz CT molecular complexity index is 513. The minimum absolute atomic E-state index is 0.0129. The molecule has 0 spiro atoms. The number of benzene rings is 1. The predicted molar refractivity (Wildman–Crippen MR) is 69.6 cm³/mol. The van der Waals surface area contributed by atoms with E-state index in [0.717, 1.165) is 0 Å². The molecule has 1 saturated heterocycles. The largest absolute Gasteiger partial charge is 0.339 e. The summed E-state index contributed by atoms with van der Waals surface area (Å²) in [7, 11) is 0. The zero-order chi connectivity index (χ0) is 14.0. The lowest BCUT2D eigenvalue weighted by Gasteiger charge is -2.34. The molecule has 1 aromatic rings. The number of carbonyl (C=O) groups is 2. The van der Waals surface area contributed by atoms with E-state index in [1.165, 1.54) is 30.0 Å². The van der Waals surface area contributed by atoms with Gasteiger partial charge in [-0.15, -0.1) is 0 Å². The summed E-state index contributed by atoms with van der Waals surface area (Å²) in [5.74, 6) is -0.979. The van der Waals surface area contributed by atoms with Crippen LogP contribution in [0, 0.1) is 5.82 Å². The highest BCUT2D eigenvalue weighted by molar-refractivity contribution is 6.31. The quantitative estimate of drug-likeness (QED) is 0.789. The van der Waals surface area contributed by atoms with E-state index >= 15 is 0 Å². The first-order chi connectivity index (χ1) is 8.99. The molecule has 0 atom stereocenters. The number of hydrogen-bond donors (Lipinski definition) is 0. The van der Waals surface area contributed by atoms with E-state index in [2.05, 4.69) is 0 Å². The minimum Gasteiger partial charge on any atom is -0.339 e. The van der Waals surface area contributed by atoms with Crippen LogP contribution in [0.3, 0.4) is 0 Å². The molecule has 102 valence electrons. The van der Waals surface area contributed by atoms with Gasteiger partial charge in [-0.1, -0.05) is 11.6 Å². The smallest absolute Gasteiger partial charge is 0.257 e. The monoisotopic (exact) mass is 284 g/mol. The second kappa shape index (κ2) is 5.57. The molecular weight excluding hydrogens is 271 g/mol. The van der Waals surface area contributed by atoms with Crippen LogP contribution >= 0.6 is 11.6 Å². The van der Waals surface area contributed by atoms with Crippen LogP contribution in [0.5, 0.6) is 0 Å². The molecule has 0 aromatic heterocycles. The molecule has 2 rings (SSSR count). The number of nitrogens with zero attached hydrogens (tertiary/aromatic N) is 2. The number of hydrogen-bond acceptors (Lipinski definition) is 2. The fourth-order valence-corrected chi connectivity index (χ4v) is 2.23. The highest BCUT2D eigenvalue weighted by atomic mass is 35.5. The third kappa shape index (κ3) is 3.04. The Labute approximate surface area is 115 Å². The Morgan fingerprint density at radius 1 is 1.16 bits per heavy atom. The topological polar surface area (TPSA) is 40.6 Å². The zero-order valence-electron chi connectivity index (χ0n) is 10.5. The Kier molecular flexibility index (Phi) is 4.04. The van der Waals surface area contributed by atoms with Gasteiger partial charge in [0.15, 0.2) is 0 Å². The molecule has 19 heavy (non-hydrogen) atoms. The molecule has 1 aliphatic rings. The van der Waals surface area contributed by atoms with Crippen LogP contribution in [0.15, 0.2) is 18.2 Å². The van der Waals surface area contributed by atoms with Crippen LogP contribution in [0.4, 0.5) is 4.39 Å². The van der Waals surface area contributed by atoms with Crippen LogP contribution in [0.2, 0.25) is 5.02 Å². The molecule has 0 N–H and O–H groups in total. The van der Waals surface area contributed by atoms with E-state index < -0.39 is 5.82 Å². The maximum Gasteiger partial charge on any atom is 0.257 e. The van der Waals surface area contributed by atoms with Crippen molar-refractivity contribution in [3.05, 3.63) is 34.6 Å². The van der Waals surface area contributed by atoms with E-state index in [1.54, 1.807) is 4.90 Å². The van der Waals surface area contributed by atoms with Gasteiger partial charge in [0, 0.05) is 38.1 Å². The molecule has 6 heteroatoms. The predicted octanol–water partition coefficient (Wildman–Crippen LogP) is 1.78. The lowest BCUT2D eigenvalue weighted by Crippen LogP contribution is -2.50. The maximum atomic E-state index is 13.6. The van der Waals surface area contributed by atoms with Gasteiger partial charge in [0.05, 0.1) is 5.56 Å². The van der Waals surface area contributed by atoms with Crippen LogP contribution in [0.1, 0.15) is 17.3 Å². The molecular formula is C13H14ClFN2O2. The fraction of sp³-hybridized carbons (Fsp3) is 0.385. The molecule has 2 amide bonds. The summed E-state index contributed by atoms with van der Waals surface area (Å²) in [5, 5.41) is 0.326. The molecule has 0 bridgehead atoms. The van der Waals surface area contributed by atoms with Crippen molar-refractivity contribution >= 4 is 23.4 Å². The Morgan fingerprint density at radius 3 is 2.32 bits per heavy atom. The van der Waals surface area contributed by atoms with Crippen LogP contribution in [-0.2, 0) is 4.79 Å². The van der Waals surface area contributed by atoms with Crippen molar-refractivity contribution in [2.24, 2.45) is 0 Å². The van der Waals surface area contributed by atoms with E-state index in [-0.39, 0.29) is 17.4 Å². The van der Waals surface area contributed by atoms with Crippen LogP contribution in [-0.4, -0.2) is 47.8 Å². The Hall–Kier alpha value is -1.62. The van der Waals surface area contributed by atoms with E-state index in [0.29, 0.717) is 31.2 Å². The first-order valence-corrected chi connectivity index (χ1v) is 6.36. The summed E-state index contributed by atoms with van der Waals surface area (Å²) >= 11 is 5.77. The van der Waals surface area contributed by atoms with E-state index in [1.807, 2.05) is 0 Å². The van der Waals surface area contributed by atoms with Gasteiger partial charge in [0.2, 0.25) is 5.91 Å². The third-order valence-corrected chi connectivity index (χ3v) is 3.41. The van der Waals surface area contributed by atoms with Crippen molar-refractivity contribution in [1.82, 2.24) is 9.80 Å². The molecule has 0 aliphatic carbocycles. The van der Waals surface area contributed by atoms with Crippen molar-refractivity contribution < 1.29 is 14.0 Å². The van der Waals surface area contributed by atoms with Crippen molar-refractivity contribution in [2.45, 2.75) is 6.92 Å². The molecule has 1 fully saturated rings. The summed E-state index contributed by atoms with van der Waals surface area (Å²) in [6, 6.07) is 3.92. The normalized spacial score (nSPS) is 15.5. The number of piperazine rings is 1. The second-order valence-corrected chi connectivity index (χ2v) is 4.86. The van der Waals surface area contributed by atoms with Crippen LogP contribution in [0.25, 0.3) is 0 Å². The van der Waals surface area contributed by atoms with Crippen molar-refractivity contribution in [1.29, 1.82) is 0 Å². The number of amides is 2. The van der Waals surface area contributed by atoms with Gasteiger partial charge in [0.1, 0.15) is 5.82 Å². The van der Waals surface area contributed by atoms with Gasteiger partial charge in [-0.2, -0.15) is 0 Å². The lowest BCUT2D eigenvalue weighted by atomic mass is 10.1. The zero-order valence-corrected chi connectivity index (χ0v) is 11.3. The van der Waals surface area contributed by atoms with Crippen molar-refractivity contribution in [2.75, 3.05) is 26.2 Å². The second-order valence-electron chi connectivity index (χ2n) is 4.42. The first kappa shape index (κ1) is 13.8. The molecule has 1 heterocycles. The first-order valence-electron chi connectivity index (χ1n) is 5.99. The molecule has 0 saturated carbocycles. The molecule has 1 aromatic carbocycles. The van der Waals surface area contributed by atoms with Gasteiger partial charge in [0.25, 0.3) is 5.91 Å². The van der Waals surface area contributed by atoms with Gasteiger partial charge >= 0.3 is 0 Å². The van der Waals surface area contributed by atoms with Crippen LogP contribution < -0.4 is 0 Å². The maximum absolute atomic E-state index is 13.6. The molecule has 0 unspecified atom stereocenters. The average Bonchev–Trinajstić information content (AvgIpc) is 2.41. The standard InChI is InChI=1S/C13H14ClFN2O2/c1-9(18)16-4-6-17(7-5-16)13(19)11-8-10(14)2-3-12(11)15/h2-3,8H,4-7H2,1H3. The van der Waals surface area contributed by atoms with Gasteiger partial charge in [-0.25, -0.2) is 4.39 Å². The van der Waals surface area contributed by atoms with Gasteiger partial charge in [-0.3, -0.25) is 9.59 Å². The summed E-state index contributed by atoms with van der Waals surface area (Å²) < 4.78 is 13.6. The summed E-state index contributed by atoms with van der Waals surface area (Å²) in [5.41, 5.74) is -0.0243. The summed E-state index contributed by atoms with van der Waals surface area (Å²) in [4.78, 5) is 26.6. The third-order valence-electron chi connectivity index (χ3n) is 3.17. The Balaban J connectivity index is 2.09. The molecule has 4 nitrogen and oxygen atoms in total. The molecule has 0 radical (unpaired) electrons. The minimum atomic E-state index is -0.580. The number of rotatable bonds is 1. The average molecular weight is 285 g/mol. The van der Waals surface area contributed by atoms with Gasteiger partial charge < -0.3 is 9.80 Å². The SMILES string of the molecule is CC(=O)N1CCN(C(=O)c2cc(Cl)ccc2F)CC1. The van der Waals surface area contributed by atoms with Crippen molar-refractivity contribution in [3.8, 4) is 0 Å². The summed E-state index contributed by atoms with van der Waals surface area (Å²) in [6.45, 7) is 3.26. The fourth-order valence-electron chi connectivity index (χ4n) is 2.06. The van der Waals surface area contributed by atoms with Gasteiger partial charge in [-0.05, 0) is 18.2 Å². The highest BCUT2D eigenvalue weighted by Gasteiger charge is 2.25. The van der Waals surface area contributed by atoms with E-state index in [4.69, 9.17) is 11.6 Å². The lowest BCUT2D eigenvalue weighted by molar-refractivity contribution is -0.130. The van der Waals surface area contributed by atoms with Crippen molar-refractivity contribution in [3.63, 3.8) is 0 Å². The Morgan fingerprint density at radius 2 is 1.74 bits per heavy atom. The summed E-state index contributed by atoms with van der Waals surface area (Å²) in [6.07, 6.45) is 0. The number of halogens is 2. The van der Waals surface area contributed by atoms with E-state index in [9.17, 15) is 14.0 Å².